The Bertz CT molecular complexity index is 1050. The van der Waals surface area contributed by atoms with Gasteiger partial charge in [0.05, 0.1) is 11.6 Å². The molecule has 0 saturated heterocycles. The summed E-state index contributed by atoms with van der Waals surface area (Å²) in [6.45, 7) is 2.13. The Labute approximate surface area is 174 Å². The number of fused-ring (bicyclic) bond motifs is 2. The van der Waals surface area contributed by atoms with E-state index in [-0.39, 0.29) is 17.8 Å². The molecular formula is C23H23ClFN3O. The van der Waals surface area contributed by atoms with Crippen molar-refractivity contribution in [3.8, 4) is 0 Å². The third-order valence-electron chi connectivity index (χ3n) is 6.67. The molecule has 1 amide bonds. The lowest BCUT2D eigenvalue weighted by atomic mass is 9.99. The predicted molar refractivity (Wildman–Crippen MR) is 111 cm³/mol. The third-order valence-corrected chi connectivity index (χ3v) is 6.92. The monoisotopic (exact) mass is 411 g/mol. The summed E-state index contributed by atoms with van der Waals surface area (Å²) in [5.74, 6) is 1.53. The van der Waals surface area contributed by atoms with E-state index in [2.05, 4.69) is 17.3 Å². The summed E-state index contributed by atoms with van der Waals surface area (Å²) in [6, 6.07) is 12.3. The van der Waals surface area contributed by atoms with Gasteiger partial charge in [-0.25, -0.2) is 4.39 Å². The fourth-order valence-corrected chi connectivity index (χ4v) is 5.33. The van der Waals surface area contributed by atoms with Crippen molar-refractivity contribution in [2.45, 2.75) is 38.3 Å². The van der Waals surface area contributed by atoms with E-state index >= 15 is 0 Å². The van der Waals surface area contributed by atoms with Gasteiger partial charge in [0.2, 0.25) is 0 Å². The van der Waals surface area contributed by atoms with Crippen molar-refractivity contribution >= 4 is 28.4 Å². The Morgan fingerprint density at radius 2 is 1.97 bits per heavy atom. The van der Waals surface area contributed by atoms with E-state index in [9.17, 15) is 9.18 Å². The topological polar surface area (TPSA) is 46.9 Å². The molecule has 2 aliphatic carbocycles. The van der Waals surface area contributed by atoms with Crippen molar-refractivity contribution in [2.24, 2.45) is 17.8 Å². The molecule has 150 valence electrons. The molecule has 2 aromatic carbocycles. The van der Waals surface area contributed by atoms with Crippen LogP contribution < -0.4 is 5.32 Å². The fraction of sp³-hybridized carbons (Fsp3) is 0.391. The highest BCUT2D eigenvalue weighted by Gasteiger charge is 2.59. The van der Waals surface area contributed by atoms with Gasteiger partial charge in [0, 0.05) is 28.2 Å². The average molecular weight is 412 g/mol. The highest BCUT2D eigenvalue weighted by molar-refractivity contribution is 6.30. The fourth-order valence-electron chi connectivity index (χ4n) is 5.20. The number of carbonyl (C=O) groups excluding carboxylic acids is 1. The first kappa shape index (κ1) is 18.6. The molecule has 2 saturated carbocycles. The number of halogens is 2. The molecule has 0 bridgehead atoms. The smallest absolute Gasteiger partial charge is 0.251 e. The van der Waals surface area contributed by atoms with E-state index in [0.29, 0.717) is 34.4 Å². The summed E-state index contributed by atoms with van der Waals surface area (Å²) in [5.41, 5.74) is 1.48. The van der Waals surface area contributed by atoms with Crippen molar-refractivity contribution in [3.63, 3.8) is 0 Å². The minimum Gasteiger partial charge on any atom is -0.349 e. The van der Waals surface area contributed by atoms with Crippen molar-refractivity contribution < 1.29 is 9.18 Å². The first-order valence-corrected chi connectivity index (χ1v) is 10.6. The average Bonchev–Trinajstić information content (AvgIpc) is 3.06. The molecule has 0 aliphatic heterocycles. The van der Waals surface area contributed by atoms with Gasteiger partial charge in [-0.05, 0) is 79.5 Å². The van der Waals surface area contributed by atoms with Gasteiger partial charge in [0.1, 0.15) is 5.82 Å². The van der Waals surface area contributed by atoms with Crippen LogP contribution in [0.1, 0.15) is 42.6 Å². The molecule has 2 fully saturated rings. The zero-order valence-electron chi connectivity index (χ0n) is 16.2. The van der Waals surface area contributed by atoms with E-state index in [1.807, 2.05) is 10.9 Å². The zero-order valence-corrected chi connectivity index (χ0v) is 16.9. The van der Waals surface area contributed by atoms with Gasteiger partial charge >= 0.3 is 0 Å². The van der Waals surface area contributed by atoms with Crippen LogP contribution >= 0.6 is 11.6 Å². The number of aromatic nitrogens is 2. The highest BCUT2D eigenvalue weighted by Crippen LogP contribution is 2.62. The molecule has 5 atom stereocenters. The Balaban J connectivity index is 1.23. The second kappa shape index (κ2) is 7.13. The molecule has 6 heteroatoms. The standard InChI is InChI=1S/C23H23ClFN3O/c1-2-20(26-23(29)13-3-5-15(24)6-4-13)22-18-10-17(11-19(18)22)28-12-14-9-16(25)7-8-21(14)27-28/h3-9,12,17-20,22H,2,10-11H2,1H3,(H,26,29)/t17-,18-,19+,20?,22+. The first-order valence-electron chi connectivity index (χ1n) is 10.2. The van der Waals surface area contributed by atoms with Crippen LogP contribution in [0.3, 0.4) is 0 Å². The minimum atomic E-state index is -0.228. The summed E-state index contributed by atoms with van der Waals surface area (Å²) in [6.07, 6.45) is 5.02. The molecule has 3 aromatic rings. The molecule has 1 unspecified atom stereocenters. The van der Waals surface area contributed by atoms with Crippen LogP contribution in [0.5, 0.6) is 0 Å². The maximum absolute atomic E-state index is 13.4. The Hall–Kier alpha value is -2.40. The molecule has 4 nitrogen and oxygen atoms in total. The highest BCUT2D eigenvalue weighted by atomic mass is 35.5. The second-order valence-corrected chi connectivity index (χ2v) is 8.77. The lowest BCUT2D eigenvalue weighted by Gasteiger charge is -2.21. The lowest BCUT2D eigenvalue weighted by molar-refractivity contribution is 0.0926. The molecule has 2 aliphatic rings. The number of carbonyl (C=O) groups is 1. The lowest BCUT2D eigenvalue weighted by Crippen LogP contribution is -2.37. The summed E-state index contributed by atoms with van der Waals surface area (Å²) in [7, 11) is 0. The van der Waals surface area contributed by atoms with E-state index in [0.717, 1.165) is 30.2 Å². The Morgan fingerprint density at radius 3 is 2.66 bits per heavy atom. The van der Waals surface area contributed by atoms with E-state index in [1.54, 1.807) is 30.3 Å². The van der Waals surface area contributed by atoms with Gasteiger partial charge < -0.3 is 5.32 Å². The van der Waals surface area contributed by atoms with Gasteiger partial charge in [-0.2, -0.15) is 5.10 Å². The maximum atomic E-state index is 13.4. The summed E-state index contributed by atoms with van der Waals surface area (Å²) in [4.78, 5) is 12.6. The molecule has 5 rings (SSSR count). The third kappa shape index (κ3) is 3.42. The number of nitrogens with one attached hydrogen (secondary N) is 1. The zero-order chi connectivity index (χ0) is 20.1. The summed E-state index contributed by atoms with van der Waals surface area (Å²) < 4.78 is 15.5. The predicted octanol–water partition coefficient (Wildman–Crippen LogP) is 5.23. The number of rotatable bonds is 5. The normalized spacial score (nSPS) is 26.3. The molecule has 1 N–H and O–H groups in total. The SMILES string of the molecule is CCC(NC(=O)c1ccc(Cl)cc1)[C@H]1[C@@H]2C[C@@H](n3cc4cc(F)ccc4n3)C[C@@H]21. The van der Waals surface area contributed by atoms with Gasteiger partial charge in [-0.3, -0.25) is 9.48 Å². The van der Waals surface area contributed by atoms with Crippen LogP contribution in [-0.4, -0.2) is 21.7 Å². The van der Waals surface area contributed by atoms with Crippen molar-refractivity contribution in [3.05, 3.63) is 65.1 Å². The molecule has 29 heavy (non-hydrogen) atoms. The number of hydrogen-bond acceptors (Lipinski definition) is 2. The molecular weight excluding hydrogens is 389 g/mol. The van der Waals surface area contributed by atoms with Gasteiger partial charge in [0.15, 0.2) is 0 Å². The van der Waals surface area contributed by atoms with Crippen molar-refractivity contribution in [1.29, 1.82) is 0 Å². The van der Waals surface area contributed by atoms with Crippen LogP contribution in [-0.2, 0) is 0 Å². The number of nitrogens with zero attached hydrogens (tertiary/aromatic N) is 2. The van der Waals surface area contributed by atoms with Crippen molar-refractivity contribution in [1.82, 2.24) is 15.1 Å². The van der Waals surface area contributed by atoms with Crippen LogP contribution in [0.25, 0.3) is 10.9 Å². The van der Waals surface area contributed by atoms with Crippen LogP contribution in [0, 0.1) is 23.6 Å². The maximum Gasteiger partial charge on any atom is 0.251 e. The van der Waals surface area contributed by atoms with Crippen LogP contribution in [0.15, 0.2) is 48.7 Å². The molecule has 0 spiro atoms. The number of hydrogen-bond donors (Lipinski definition) is 1. The van der Waals surface area contributed by atoms with Gasteiger partial charge in [0.25, 0.3) is 5.91 Å². The van der Waals surface area contributed by atoms with Gasteiger partial charge in [-0.1, -0.05) is 18.5 Å². The number of amides is 1. The molecule has 0 radical (unpaired) electrons. The molecule has 1 heterocycles. The second-order valence-electron chi connectivity index (χ2n) is 8.34. The van der Waals surface area contributed by atoms with E-state index in [4.69, 9.17) is 11.6 Å². The first-order chi connectivity index (χ1) is 14.0. The summed E-state index contributed by atoms with van der Waals surface area (Å²) in [5, 5.41) is 9.36. The Morgan fingerprint density at radius 1 is 1.24 bits per heavy atom. The molecule has 1 aromatic heterocycles. The van der Waals surface area contributed by atoms with E-state index in [1.165, 1.54) is 12.1 Å². The van der Waals surface area contributed by atoms with Crippen molar-refractivity contribution in [2.75, 3.05) is 0 Å². The largest absolute Gasteiger partial charge is 0.349 e. The summed E-state index contributed by atoms with van der Waals surface area (Å²) >= 11 is 5.91. The quantitative estimate of drug-likeness (QED) is 0.624. The van der Waals surface area contributed by atoms with Crippen LogP contribution in [0.4, 0.5) is 4.39 Å². The number of benzene rings is 2. The van der Waals surface area contributed by atoms with Crippen LogP contribution in [0.2, 0.25) is 5.02 Å². The minimum absolute atomic E-state index is 0.0320. The van der Waals surface area contributed by atoms with E-state index < -0.39 is 0 Å². The Kier molecular flexibility index (Phi) is 4.58. The van der Waals surface area contributed by atoms with Gasteiger partial charge in [-0.15, -0.1) is 0 Å².